The van der Waals surface area contributed by atoms with Gasteiger partial charge in [-0.2, -0.15) is 0 Å². The third kappa shape index (κ3) is 4.02. The summed E-state index contributed by atoms with van der Waals surface area (Å²) in [6.07, 6.45) is 0.639. The Hall–Kier alpha value is -1.51. The summed E-state index contributed by atoms with van der Waals surface area (Å²) in [5.74, 6) is 0.593. The van der Waals surface area contributed by atoms with Crippen LogP contribution >= 0.6 is 0 Å². The van der Waals surface area contributed by atoms with E-state index in [0.717, 1.165) is 17.7 Å². The third-order valence-corrected chi connectivity index (χ3v) is 2.05. The fourth-order valence-corrected chi connectivity index (χ4v) is 1.42. The zero-order chi connectivity index (χ0) is 11.3. The normalized spacial score (nSPS) is 11.9. The van der Waals surface area contributed by atoms with E-state index in [9.17, 15) is 4.79 Å². The van der Waals surface area contributed by atoms with E-state index in [1.165, 1.54) is 6.92 Å². The molecular formula is C12H16O3. The van der Waals surface area contributed by atoms with Crippen LogP contribution in [0.2, 0.25) is 0 Å². The second-order valence-electron chi connectivity index (χ2n) is 3.47. The first-order valence-corrected chi connectivity index (χ1v) is 4.92. The highest BCUT2D eigenvalue weighted by Gasteiger charge is 2.06. The molecular weight excluding hydrogens is 192 g/mol. The molecule has 0 fully saturated rings. The van der Waals surface area contributed by atoms with Gasteiger partial charge in [-0.25, -0.2) is 0 Å². The van der Waals surface area contributed by atoms with Crippen LogP contribution in [-0.4, -0.2) is 19.2 Å². The van der Waals surface area contributed by atoms with Gasteiger partial charge in [0.2, 0.25) is 0 Å². The minimum absolute atomic E-state index is 0.0871. The van der Waals surface area contributed by atoms with Crippen LogP contribution in [0.1, 0.15) is 19.4 Å². The zero-order valence-electron chi connectivity index (χ0n) is 9.32. The summed E-state index contributed by atoms with van der Waals surface area (Å²) < 4.78 is 10.1. The van der Waals surface area contributed by atoms with Crippen molar-refractivity contribution >= 4 is 5.97 Å². The van der Waals surface area contributed by atoms with Crippen molar-refractivity contribution in [2.75, 3.05) is 7.11 Å². The van der Waals surface area contributed by atoms with E-state index >= 15 is 0 Å². The predicted molar refractivity (Wildman–Crippen MR) is 57.9 cm³/mol. The van der Waals surface area contributed by atoms with Crippen LogP contribution in [0.5, 0.6) is 5.75 Å². The van der Waals surface area contributed by atoms with Crippen molar-refractivity contribution in [1.29, 1.82) is 0 Å². The van der Waals surface area contributed by atoms with Crippen LogP contribution in [0.15, 0.2) is 24.3 Å². The van der Waals surface area contributed by atoms with Crippen LogP contribution in [0.4, 0.5) is 0 Å². The molecule has 0 heterocycles. The van der Waals surface area contributed by atoms with Crippen molar-refractivity contribution in [3.8, 4) is 5.75 Å². The lowest BCUT2D eigenvalue weighted by Gasteiger charge is -2.11. The van der Waals surface area contributed by atoms with Crippen molar-refractivity contribution in [1.82, 2.24) is 0 Å². The first-order chi connectivity index (χ1) is 7.11. The molecule has 0 amide bonds. The van der Waals surface area contributed by atoms with Gasteiger partial charge in [0.05, 0.1) is 7.11 Å². The molecule has 0 saturated heterocycles. The van der Waals surface area contributed by atoms with Crippen molar-refractivity contribution in [3.63, 3.8) is 0 Å². The largest absolute Gasteiger partial charge is 0.497 e. The van der Waals surface area contributed by atoms with E-state index in [1.807, 2.05) is 31.2 Å². The Morgan fingerprint density at radius 2 is 1.93 bits per heavy atom. The first-order valence-electron chi connectivity index (χ1n) is 4.92. The van der Waals surface area contributed by atoms with Crippen LogP contribution in [0, 0.1) is 0 Å². The summed E-state index contributed by atoms with van der Waals surface area (Å²) in [6, 6.07) is 7.74. The molecule has 3 nitrogen and oxygen atoms in total. The highest BCUT2D eigenvalue weighted by Crippen LogP contribution is 2.13. The number of hydrogen-bond acceptors (Lipinski definition) is 3. The Labute approximate surface area is 90.0 Å². The van der Waals surface area contributed by atoms with Crippen molar-refractivity contribution < 1.29 is 14.3 Å². The molecule has 0 aromatic heterocycles. The average molecular weight is 208 g/mol. The van der Waals surface area contributed by atoms with Gasteiger partial charge in [-0.3, -0.25) is 4.79 Å². The van der Waals surface area contributed by atoms with E-state index < -0.39 is 0 Å². The average Bonchev–Trinajstić information content (AvgIpc) is 2.17. The number of esters is 1. The molecule has 0 spiro atoms. The summed E-state index contributed by atoms with van der Waals surface area (Å²) in [4.78, 5) is 10.7. The number of carbonyl (C=O) groups is 1. The van der Waals surface area contributed by atoms with Crippen LogP contribution in [0.25, 0.3) is 0 Å². The second kappa shape index (κ2) is 5.39. The molecule has 1 aromatic carbocycles. The predicted octanol–water partition coefficient (Wildman–Crippen LogP) is 2.19. The van der Waals surface area contributed by atoms with Gasteiger partial charge in [0, 0.05) is 13.3 Å². The number of rotatable bonds is 4. The monoisotopic (exact) mass is 208 g/mol. The Bertz CT molecular complexity index is 316. The van der Waals surface area contributed by atoms with Gasteiger partial charge in [-0.15, -0.1) is 0 Å². The molecule has 0 unspecified atom stereocenters. The quantitative estimate of drug-likeness (QED) is 0.711. The Kier molecular flexibility index (Phi) is 4.16. The minimum atomic E-state index is -0.240. The molecule has 82 valence electrons. The maximum Gasteiger partial charge on any atom is 0.302 e. The molecule has 1 atom stereocenters. The molecule has 0 bridgehead atoms. The number of benzene rings is 1. The molecule has 15 heavy (non-hydrogen) atoms. The summed E-state index contributed by atoms with van der Waals surface area (Å²) in [6.45, 7) is 3.30. The van der Waals surface area contributed by atoms with E-state index in [4.69, 9.17) is 9.47 Å². The SMILES string of the molecule is COc1ccc(C[C@@H](C)OC(C)=O)cc1. The number of carbonyl (C=O) groups excluding carboxylic acids is 1. The van der Waals surface area contributed by atoms with Gasteiger partial charge in [0.25, 0.3) is 0 Å². The van der Waals surface area contributed by atoms with Crippen molar-refractivity contribution in [3.05, 3.63) is 29.8 Å². The van der Waals surface area contributed by atoms with Gasteiger partial charge in [-0.1, -0.05) is 12.1 Å². The lowest BCUT2D eigenvalue weighted by Crippen LogP contribution is -2.14. The van der Waals surface area contributed by atoms with Gasteiger partial charge in [-0.05, 0) is 24.6 Å². The van der Waals surface area contributed by atoms with Crippen LogP contribution in [0.3, 0.4) is 0 Å². The maximum absolute atomic E-state index is 10.7. The summed E-state index contributed by atoms with van der Waals surface area (Å²) in [5, 5.41) is 0. The second-order valence-corrected chi connectivity index (χ2v) is 3.47. The topological polar surface area (TPSA) is 35.5 Å². The maximum atomic E-state index is 10.7. The highest BCUT2D eigenvalue weighted by molar-refractivity contribution is 5.66. The number of hydrogen-bond donors (Lipinski definition) is 0. The molecule has 1 rings (SSSR count). The van der Waals surface area contributed by atoms with Crippen LogP contribution < -0.4 is 4.74 Å². The van der Waals surface area contributed by atoms with Gasteiger partial charge < -0.3 is 9.47 Å². The highest BCUT2D eigenvalue weighted by atomic mass is 16.5. The molecule has 0 aliphatic rings. The fraction of sp³-hybridized carbons (Fsp3) is 0.417. The molecule has 3 heteroatoms. The molecule has 1 aromatic rings. The zero-order valence-corrected chi connectivity index (χ0v) is 9.32. The summed E-state index contributed by atoms with van der Waals surface area (Å²) in [7, 11) is 1.64. The fourth-order valence-electron chi connectivity index (χ4n) is 1.42. The number of ether oxygens (including phenoxy) is 2. The minimum Gasteiger partial charge on any atom is -0.497 e. The molecule has 0 saturated carbocycles. The van der Waals surface area contributed by atoms with Crippen molar-refractivity contribution in [2.45, 2.75) is 26.4 Å². The number of methoxy groups -OCH3 is 1. The van der Waals surface area contributed by atoms with Gasteiger partial charge in [0.1, 0.15) is 11.9 Å². The van der Waals surface area contributed by atoms with E-state index in [-0.39, 0.29) is 12.1 Å². The van der Waals surface area contributed by atoms with E-state index in [2.05, 4.69) is 0 Å². The van der Waals surface area contributed by atoms with E-state index in [1.54, 1.807) is 7.11 Å². The molecule has 0 radical (unpaired) electrons. The van der Waals surface area contributed by atoms with Gasteiger partial charge >= 0.3 is 5.97 Å². The Balaban J connectivity index is 2.53. The molecule has 0 N–H and O–H groups in total. The lowest BCUT2D eigenvalue weighted by molar-refractivity contribution is -0.145. The van der Waals surface area contributed by atoms with Gasteiger partial charge in [0.15, 0.2) is 0 Å². The standard InChI is InChI=1S/C12H16O3/c1-9(15-10(2)13)8-11-4-6-12(14-3)7-5-11/h4-7,9H,8H2,1-3H3/t9-/m1/s1. The van der Waals surface area contributed by atoms with Crippen LogP contribution in [-0.2, 0) is 16.0 Å². The summed E-state index contributed by atoms with van der Waals surface area (Å²) >= 11 is 0. The third-order valence-electron chi connectivity index (χ3n) is 2.05. The molecule has 0 aliphatic carbocycles. The van der Waals surface area contributed by atoms with E-state index in [0.29, 0.717) is 0 Å². The Morgan fingerprint density at radius 3 is 2.40 bits per heavy atom. The Morgan fingerprint density at radius 1 is 1.33 bits per heavy atom. The molecule has 0 aliphatic heterocycles. The smallest absolute Gasteiger partial charge is 0.302 e. The summed E-state index contributed by atoms with van der Waals surface area (Å²) in [5.41, 5.74) is 1.13. The lowest BCUT2D eigenvalue weighted by atomic mass is 10.1. The van der Waals surface area contributed by atoms with Crippen molar-refractivity contribution in [2.24, 2.45) is 0 Å². The first kappa shape index (κ1) is 11.6.